The van der Waals surface area contributed by atoms with Crippen LogP contribution < -0.4 is 5.32 Å². The van der Waals surface area contributed by atoms with Crippen molar-refractivity contribution in [3.8, 4) is 0 Å². The standard InChI is InChI=1S/C17H21FN4OS2/c1-11-7-12(2)9-22(8-11)15(23)10-24-17-21-20-16(25-17)19-14-6-4-3-5-13(14)18/h3-6,11-12H,7-10H2,1-2H3,(H,19,20). The molecule has 25 heavy (non-hydrogen) atoms. The second-order valence-corrected chi connectivity index (χ2v) is 8.71. The molecule has 1 amide bonds. The molecule has 1 aliphatic rings. The molecule has 1 aliphatic heterocycles. The van der Waals surface area contributed by atoms with Gasteiger partial charge >= 0.3 is 0 Å². The zero-order valence-corrected chi connectivity index (χ0v) is 15.9. The summed E-state index contributed by atoms with van der Waals surface area (Å²) in [6.07, 6.45) is 1.18. The van der Waals surface area contributed by atoms with Crippen LogP contribution in [-0.2, 0) is 4.79 Å². The van der Waals surface area contributed by atoms with Crippen LogP contribution in [0.5, 0.6) is 0 Å². The van der Waals surface area contributed by atoms with Crippen LogP contribution in [0.4, 0.5) is 15.2 Å². The summed E-state index contributed by atoms with van der Waals surface area (Å²) in [4.78, 5) is 14.4. The molecule has 3 rings (SSSR count). The number of benzene rings is 1. The summed E-state index contributed by atoms with van der Waals surface area (Å²) in [5, 5.41) is 11.5. The molecular weight excluding hydrogens is 359 g/mol. The molecule has 1 saturated heterocycles. The number of hydrogen-bond donors (Lipinski definition) is 1. The van der Waals surface area contributed by atoms with Crippen molar-refractivity contribution in [1.82, 2.24) is 15.1 Å². The molecule has 0 saturated carbocycles. The molecule has 2 atom stereocenters. The maximum atomic E-state index is 13.6. The average molecular weight is 381 g/mol. The van der Waals surface area contributed by atoms with Crippen molar-refractivity contribution >= 4 is 39.8 Å². The predicted molar refractivity (Wildman–Crippen MR) is 99.8 cm³/mol. The van der Waals surface area contributed by atoms with Crippen LogP contribution in [0, 0.1) is 17.7 Å². The van der Waals surface area contributed by atoms with Gasteiger partial charge in [0.2, 0.25) is 11.0 Å². The molecule has 1 fully saturated rings. The number of thioether (sulfide) groups is 1. The molecule has 0 spiro atoms. The average Bonchev–Trinajstić information content (AvgIpc) is 3.01. The minimum absolute atomic E-state index is 0.141. The monoisotopic (exact) mass is 380 g/mol. The van der Waals surface area contributed by atoms with Crippen LogP contribution in [0.15, 0.2) is 28.6 Å². The fourth-order valence-electron chi connectivity index (χ4n) is 3.08. The van der Waals surface area contributed by atoms with E-state index >= 15 is 0 Å². The van der Waals surface area contributed by atoms with Gasteiger partial charge in [-0.15, -0.1) is 10.2 Å². The Bertz CT molecular complexity index is 729. The summed E-state index contributed by atoms with van der Waals surface area (Å²) in [6.45, 7) is 6.04. The van der Waals surface area contributed by atoms with Crippen LogP contribution in [0.1, 0.15) is 20.3 Å². The van der Waals surface area contributed by atoms with E-state index in [2.05, 4.69) is 29.4 Å². The number of hydrogen-bond acceptors (Lipinski definition) is 6. The molecule has 1 aromatic heterocycles. The number of aromatic nitrogens is 2. The molecule has 2 aromatic rings. The molecule has 2 unspecified atom stereocenters. The number of carbonyl (C=O) groups excluding carboxylic acids is 1. The second kappa shape index (κ2) is 8.14. The first-order chi connectivity index (χ1) is 12.0. The Labute approximate surface area is 155 Å². The van der Waals surface area contributed by atoms with E-state index in [0.29, 0.717) is 32.7 Å². The first kappa shape index (κ1) is 18.1. The van der Waals surface area contributed by atoms with E-state index in [0.717, 1.165) is 13.1 Å². The molecule has 5 nitrogen and oxygen atoms in total. The molecule has 0 bridgehead atoms. The van der Waals surface area contributed by atoms with Crippen molar-refractivity contribution in [3.05, 3.63) is 30.1 Å². The number of anilines is 2. The Morgan fingerprint density at radius 3 is 2.76 bits per heavy atom. The molecule has 0 radical (unpaired) electrons. The topological polar surface area (TPSA) is 58.1 Å². The number of piperidine rings is 1. The summed E-state index contributed by atoms with van der Waals surface area (Å²) < 4.78 is 14.3. The molecule has 1 aromatic carbocycles. The van der Waals surface area contributed by atoms with Crippen LogP contribution >= 0.6 is 23.1 Å². The van der Waals surface area contributed by atoms with Gasteiger partial charge in [-0.25, -0.2) is 4.39 Å². The van der Waals surface area contributed by atoms with E-state index in [4.69, 9.17) is 0 Å². The van der Waals surface area contributed by atoms with E-state index in [1.807, 2.05) is 4.90 Å². The van der Waals surface area contributed by atoms with Gasteiger partial charge in [0, 0.05) is 13.1 Å². The van der Waals surface area contributed by atoms with Crippen molar-refractivity contribution in [2.45, 2.75) is 24.6 Å². The van der Waals surface area contributed by atoms with E-state index in [1.54, 1.807) is 18.2 Å². The normalized spacial score (nSPS) is 20.5. The Balaban J connectivity index is 1.53. The van der Waals surface area contributed by atoms with E-state index < -0.39 is 0 Å². The largest absolute Gasteiger partial charge is 0.341 e. The van der Waals surface area contributed by atoms with Gasteiger partial charge in [0.15, 0.2) is 4.34 Å². The van der Waals surface area contributed by atoms with Gasteiger partial charge in [-0.1, -0.05) is 49.1 Å². The molecule has 2 heterocycles. The number of likely N-dealkylation sites (tertiary alicyclic amines) is 1. The quantitative estimate of drug-likeness (QED) is 0.794. The lowest BCUT2D eigenvalue weighted by Crippen LogP contribution is -2.43. The van der Waals surface area contributed by atoms with Gasteiger partial charge in [-0.3, -0.25) is 4.79 Å². The minimum atomic E-state index is -0.338. The smallest absolute Gasteiger partial charge is 0.233 e. The van der Waals surface area contributed by atoms with E-state index in [-0.39, 0.29) is 11.7 Å². The summed E-state index contributed by atoms with van der Waals surface area (Å²) >= 11 is 2.70. The highest BCUT2D eigenvalue weighted by molar-refractivity contribution is 8.01. The van der Waals surface area contributed by atoms with Crippen LogP contribution in [0.3, 0.4) is 0 Å². The van der Waals surface area contributed by atoms with Crippen LogP contribution in [0.25, 0.3) is 0 Å². The molecule has 0 aliphatic carbocycles. The van der Waals surface area contributed by atoms with Crippen molar-refractivity contribution in [2.75, 3.05) is 24.2 Å². The third-order valence-corrected chi connectivity index (χ3v) is 6.02. The maximum Gasteiger partial charge on any atom is 0.233 e. The third-order valence-electron chi connectivity index (χ3n) is 4.06. The van der Waals surface area contributed by atoms with Crippen LogP contribution in [-0.4, -0.2) is 39.8 Å². The Morgan fingerprint density at radius 2 is 2.04 bits per heavy atom. The first-order valence-electron chi connectivity index (χ1n) is 8.27. The van der Waals surface area contributed by atoms with Gasteiger partial charge in [-0.05, 0) is 30.4 Å². The fourth-order valence-corrected chi connectivity index (χ4v) is 4.74. The third kappa shape index (κ3) is 4.92. The number of para-hydroxylation sites is 1. The van der Waals surface area contributed by atoms with Crippen molar-refractivity contribution in [3.63, 3.8) is 0 Å². The summed E-state index contributed by atoms with van der Waals surface area (Å²) in [5.41, 5.74) is 0.363. The minimum Gasteiger partial charge on any atom is -0.341 e. The van der Waals surface area contributed by atoms with Gasteiger partial charge in [0.25, 0.3) is 0 Å². The zero-order chi connectivity index (χ0) is 17.8. The lowest BCUT2D eigenvalue weighted by Gasteiger charge is -2.34. The highest BCUT2D eigenvalue weighted by Crippen LogP contribution is 2.29. The highest BCUT2D eigenvalue weighted by Gasteiger charge is 2.25. The van der Waals surface area contributed by atoms with Crippen molar-refractivity contribution in [1.29, 1.82) is 0 Å². The maximum absolute atomic E-state index is 13.6. The van der Waals surface area contributed by atoms with E-state index in [9.17, 15) is 9.18 Å². The summed E-state index contributed by atoms with van der Waals surface area (Å²) in [5.74, 6) is 1.26. The predicted octanol–water partition coefficient (Wildman–Crippen LogP) is 4.02. The van der Waals surface area contributed by atoms with Gasteiger partial charge < -0.3 is 10.2 Å². The molecular formula is C17H21FN4OS2. The lowest BCUT2D eigenvalue weighted by atomic mass is 9.92. The van der Waals surface area contributed by atoms with Crippen LogP contribution in [0.2, 0.25) is 0 Å². The first-order valence-corrected chi connectivity index (χ1v) is 10.1. The number of nitrogens with zero attached hydrogens (tertiary/aromatic N) is 3. The molecule has 8 heteroatoms. The lowest BCUT2D eigenvalue weighted by molar-refractivity contribution is -0.130. The Kier molecular flexibility index (Phi) is 5.90. The van der Waals surface area contributed by atoms with E-state index in [1.165, 1.54) is 35.6 Å². The summed E-state index contributed by atoms with van der Waals surface area (Å²) in [7, 11) is 0. The second-order valence-electron chi connectivity index (χ2n) is 6.51. The number of amides is 1. The van der Waals surface area contributed by atoms with Crippen molar-refractivity contribution < 1.29 is 9.18 Å². The highest BCUT2D eigenvalue weighted by atomic mass is 32.2. The number of nitrogens with one attached hydrogen (secondary N) is 1. The molecule has 1 N–H and O–H groups in total. The Morgan fingerprint density at radius 1 is 1.32 bits per heavy atom. The fraction of sp³-hybridized carbons (Fsp3) is 0.471. The van der Waals surface area contributed by atoms with Gasteiger partial charge in [0.05, 0.1) is 11.4 Å². The van der Waals surface area contributed by atoms with Gasteiger partial charge in [0.1, 0.15) is 5.82 Å². The Hall–Kier alpha value is -1.67. The van der Waals surface area contributed by atoms with Gasteiger partial charge in [-0.2, -0.15) is 0 Å². The number of carbonyl (C=O) groups is 1. The van der Waals surface area contributed by atoms with Crippen molar-refractivity contribution in [2.24, 2.45) is 11.8 Å². The zero-order valence-electron chi connectivity index (χ0n) is 14.2. The number of rotatable bonds is 5. The number of halogens is 1. The molecule has 134 valence electrons. The SMILES string of the molecule is CC1CC(C)CN(C(=O)CSc2nnc(Nc3ccccc3F)s2)C1. The summed E-state index contributed by atoms with van der Waals surface area (Å²) in [6, 6.07) is 6.42.